The number of aryl methyl sites for hydroxylation is 2. The van der Waals surface area contributed by atoms with Gasteiger partial charge in [-0.1, -0.05) is 6.92 Å². The maximum atomic E-state index is 4.53. The number of hydrogen-bond donors (Lipinski definition) is 1. The molecule has 0 aromatic carbocycles. The lowest BCUT2D eigenvalue weighted by atomic mass is 10.1. The zero-order valence-corrected chi connectivity index (χ0v) is 11.8. The van der Waals surface area contributed by atoms with Crippen molar-refractivity contribution < 1.29 is 0 Å². The van der Waals surface area contributed by atoms with E-state index >= 15 is 0 Å². The van der Waals surface area contributed by atoms with Crippen LogP contribution in [0, 0.1) is 6.92 Å². The van der Waals surface area contributed by atoms with Crippen molar-refractivity contribution in [1.82, 2.24) is 25.1 Å². The minimum atomic E-state index is 0.214. The van der Waals surface area contributed by atoms with Crippen molar-refractivity contribution in [2.24, 2.45) is 7.05 Å². The molecule has 1 N–H and O–H groups in total. The quantitative estimate of drug-likeness (QED) is 0.859. The van der Waals surface area contributed by atoms with Gasteiger partial charge in [-0.25, -0.2) is 9.97 Å². The monoisotopic (exact) mass is 259 g/mol. The van der Waals surface area contributed by atoms with Gasteiger partial charge in [-0.15, -0.1) is 0 Å². The summed E-state index contributed by atoms with van der Waals surface area (Å²) in [5.41, 5.74) is 2.26. The van der Waals surface area contributed by atoms with Gasteiger partial charge in [0.15, 0.2) is 0 Å². The van der Waals surface area contributed by atoms with Gasteiger partial charge in [0.05, 0.1) is 17.9 Å². The second kappa shape index (κ2) is 6.43. The van der Waals surface area contributed by atoms with Gasteiger partial charge in [0, 0.05) is 19.4 Å². The summed E-state index contributed by atoms with van der Waals surface area (Å²) in [7, 11) is 1.94. The van der Waals surface area contributed by atoms with E-state index in [1.165, 1.54) is 5.56 Å². The summed E-state index contributed by atoms with van der Waals surface area (Å²) >= 11 is 0. The van der Waals surface area contributed by atoms with Gasteiger partial charge in [0.2, 0.25) is 0 Å². The zero-order chi connectivity index (χ0) is 13.7. The van der Waals surface area contributed by atoms with Gasteiger partial charge in [0.1, 0.15) is 5.82 Å². The van der Waals surface area contributed by atoms with E-state index in [2.05, 4.69) is 33.5 Å². The van der Waals surface area contributed by atoms with Gasteiger partial charge in [-0.05, 0) is 37.9 Å². The molecule has 2 heterocycles. The standard InChI is InChI=1S/C14H21N5/c1-4-6-16-14(8-12-9-17-19(3)10-12)13-5-7-15-11(2)18-13/h5,7,9-10,14,16H,4,6,8H2,1-3H3. The highest BCUT2D eigenvalue weighted by atomic mass is 15.2. The molecule has 0 saturated carbocycles. The van der Waals surface area contributed by atoms with Crippen molar-refractivity contribution in [2.75, 3.05) is 6.54 Å². The summed E-state index contributed by atoms with van der Waals surface area (Å²) in [6.07, 6.45) is 7.78. The molecule has 1 atom stereocenters. The second-order valence-electron chi connectivity index (χ2n) is 4.76. The number of rotatable bonds is 6. The average molecular weight is 259 g/mol. The van der Waals surface area contributed by atoms with E-state index in [-0.39, 0.29) is 6.04 Å². The van der Waals surface area contributed by atoms with Crippen LogP contribution in [0.5, 0.6) is 0 Å². The van der Waals surface area contributed by atoms with Crippen molar-refractivity contribution in [3.05, 3.63) is 41.7 Å². The summed E-state index contributed by atoms with van der Waals surface area (Å²) in [5.74, 6) is 0.812. The van der Waals surface area contributed by atoms with Crippen LogP contribution in [0.15, 0.2) is 24.7 Å². The Morgan fingerprint density at radius 3 is 2.89 bits per heavy atom. The number of nitrogens with zero attached hydrogens (tertiary/aromatic N) is 4. The van der Waals surface area contributed by atoms with Crippen molar-refractivity contribution >= 4 is 0 Å². The van der Waals surface area contributed by atoms with E-state index < -0.39 is 0 Å². The third-order valence-corrected chi connectivity index (χ3v) is 2.99. The Labute approximate surface area is 114 Å². The van der Waals surface area contributed by atoms with Crippen LogP contribution in [0.3, 0.4) is 0 Å². The third kappa shape index (κ3) is 3.86. The SMILES string of the molecule is CCCNC(Cc1cnn(C)c1)c1ccnc(C)n1. The number of nitrogens with one attached hydrogen (secondary N) is 1. The molecule has 0 saturated heterocycles. The van der Waals surface area contributed by atoms with Gasteiger partial charge < -0.3 is 5.32 Å². The van der Waals surface area contributed by atoms with Crippen LogP contribution >= 0.6 is 0 Å². The Hall–Kier alpha value is -1.75. The highest BCUT2D eigenvalue weighted by molar-refractivity contribution is 5.14. The van der Waals surface area contributed by atoms with E-state index in [0.29, 0.717) is 0 Å². The average Bonchev–Trinajstić information content (AvgIpc) is 2.80. The Kier molecular flexibility index (Phi) is 4.63. The first kappa shape index (κ1) is 13.7. The molecule has 0 radical (unpaired) electrons. The fourth-order valence-electron chi connectivity index (χ4n) is 2.08. The third-order valence-electron chi connectivity index (χ3n) is 2.99. The highest BCUT2D eigenvalue weighted by Crippen LogP contribution is 2.16. The molecule has 0 aliphatic heterocycles. The van der Waals surface area contributed by atoms with Crippen LogP contribution in [0.2, 0.25) is 0 Å². The Morgan fingerprint density at radius 1 is 1.42 bits per heavy atom. The second-order valence-corrected chi connectivity index (χ2v) is 4.76. The van der Waals surface area contributed by atoms with Crippen LogP contribution in [0.25, 0.3) is 0 Å². The summed E-state index contributed by atoms with van der Waals surface area (Å²) in [5, 5.41) is 7.76. The molecule has 5 nitrogen and oxygen atoms in total. The minimum Gasteiger partial charge on any atom is -0.308 e. The Morgan fingerprint density at radius 2 is 2.26 bits per heavy atom. The summed E-state index contributed by atoms with van der Waals surface area (Å²) in [6.45, 7) is 5.07. The molecular formula is C14H21N5. The van der Waals surface area contributed by atoms with Crippen molar-refractivity contribution in [3.63, 3.8) is 0 Å². The molecule has 2 rings (SSSR count). The number of aromatic nitrogens is 4. The maximum Gasteiger partial charge on any atom is 0.125 e. The van der Waals surface area contributed by atoms with Crippen molar-refractivity contribution in [3.8, 4) is 0 Å². The van der Waals surface area contributed by atoms with E-state index in [4.69, 9.17) is 0 Å². The van der Waals surface area contributed by atoms with Crippen molar-refractivity contribution in [1.29, 1.82) is 0 Å². The van der Waals surface area contributed by atoms with E-state index in [1.807, 2.05) is 37.1 Å². The predicted octanol–water partition coefficient (Wildman–Crippen LogP) is 1.80. The van der Waals surface area contributed by atoms with E-state index in [1.54, 1.807) is 0 Å². The summed E-state index contributed by atoms with van der Waals surface area (Å²) in [6, 6.07) is 2.20. The molecule has 2 aromatic rings. The van der Waals surface area contributed by atoms with Crippen molar-refractivity contribution in [2.45, 2.75) is 32.7 Å². The molecule has 5 heteroatoms. The molecule has 0 amide bonds. The predicted molar refractivity (Wildman–Crippen MR) is 74.7 cm³/mol. The van der Waals surface area contributed by atoms with Gasteiger partial charge >= 0.3 is 0 Å². The van der Waals surface area contributed by atoms with Crippen LogP contribution in [-0.4, -0.2) is 26.3 Å². The molecular weight excluding hydrogens is 238 g/mol. The van der Waals surface area contributed by atoms with Gasteiger partial charge in [0.25, 0.3) is 0 Å². The van der Waals surface area contributed by atoms with Gasteiger partial charge in [-0.3, -0.25) is 4.68 Å². The molecule has 0 fully saturated rings. The minimum absolute atomic E-state index is 0.214. The van der Waals surface area contributed by atoms with Gasteiger partial charge in [-0.2, -0.15) is 5.10 Å². The number of hydrogen-bond acceptors (Lipinski definition) is 4. The van der Waals surface area contributed by atoms with E-state index in [9.17, 15) is 0 Å². The molecule has 102 valence electrons. The van der Waals surface area contributed by atoms with Crippen LogP contribution in [0.1, 0.15) is 36.5 Å². The lowest BCUT2D eigenvalue weighted by Gasteiger charge is -2.17. The normalized spacial score (nSPS) is 12.6. The summed E-state index contributed by atoms with van der Waals surface area (Å²) in [4.78, 5) is 8.69. The Bertz CT molecular complexity index is 520. The molecule has 1 unspecified atom stereocenters. The van der Waals surface area contributed by atoms with Crippen LogP contribution in [-0.2, 0) is 13.5 Å². The highest BCUT2D eigenvalue weighted by Gasteiger charge is 2.14. The molecule has 19 heavy (non-hydrogen) atoms. The molecule has 0 bridgehead atoms. The molecule has 0 spiro atoms. The molecule has 2 aromatic heterocycles. The smallest absolute Gasteiger partial charge is 0.125 e. The first-order valence-corrected chi connectivity index (χ1v) is 6.69. The summed E-state index contributed by atoms with van der Waals surface area (Å²) < 4.78 is 1.83. The first-order chi connectivity index (χ1) is 9.19. The lowest BCUT2D eigenvalue weighted by molar-refractivity contribution is 0.515. The Balaban J connectivity index is 2.15. The fraction of sp³-hybridized carbons (Fsp3) is 0.500. The topological polar surface area (TPSA) is 55.6 Å². The first-order valence-electron chi connectivity index (χ1n) is 6.69. The van der Waals surface area contributed by atoms with Crippen LogP contribution < -0.4 is 5.32 Å². The fourth-order valence-corrected chi connectivity index (χ4v) is 2.08. The zero-order valence-electron chi connectivity index (χ0n) is 11.8. The van der Waals surface area contributed by atoms with Crippen LogP contribution in [0.4, 0.5) is 0 Å². The van der Waals surface area contributed by atoms with E-state index in [0.717, 1.165) is 30.9 Å². The molecule has 0 aliphatic carbocycles. The maximum absolute atomic E-state index is 4.53. The largest absolute Gasteiger partial charge is 0.308 e. The lowest BCUT2D eigenvalue weighted by Crippen LogP contribution is -2.25. The molecule has 0 aliphatic rings.